The van der Waals surface area contributed by atoms with Gasteiger partial charge in [-0.25, -0.2) is 4.68 Å². The molecule has 6 nitrogen and oxygen atoms in total. The van der Waals surface area contributed by atoms with E-state index in [1.165, 1.54) is 0 Å². The Morgan fingerprint density at radius 1 is 1.07 bits per heavy atom. The van der Waals surface area contributed by atoms with Gasteiger partial charge in [0.15, 0.2) is 11.5 Å². The Bertz CT molecular complexity index is 987. The predicted molar refractivity (Wildman–Crippen MR) is 110 cm³/mol. The van der Waals surface area contributed by atoms with Crippen LogP contribution in [0.3, 0.4) is 0 Å². The quantitative estimate of drug-likeness (QED) is 0.626. The van der Waals surface area contributed by atoms with E-state index in [2.05, 4.69) is 26.3 Å². The molecule has 0 spiro atoms. The number of rotatable bonds is 6. The molecule has 28 heavy (non-hydrogen) atoms. The van der Waals surface area contributed by atoms with Crippen LogP contribution in [0, 0.1) is 0 Å². The number of aromatic nitrogens is 2. The van der Waals surface area contributed by atoms with Crippen molar-refractivity contribution in [3.05, 3.63) is 70.3 Å². The molecule has 144 valence electrons. The molecule has 7 heteroatoms. The molecule has 1 aromatic heterocycles. The average Bonchev–Trinajstić information content (AvgIpc) is 3.12. The summed E-state index contributed by atoms with van der Waals surface area (Å²) in [6, 6.07) is 15.6. The lowest BCUT2D eigenvalue weighted by atomic mass is 10.1. The van der Waals surface area contributed by atoms with E-state index >= 15 is 0 Å². The highest BCUT2D eigenvalue weighted by molar-refractivity contribution is 9.10. The Hall–Kier alpha value is -2.80. The second kappa shape index (κ2) is 8.48. The van der Waals surface area contributed by atoms with E-state index in [1.807, 2.05) is 42.5 Å². The lowest BCUT2D eigenvalue weighted by Crippen LogP contribution is -2.17. The van der Waals surface area contributed by atoms with Crippen molar-refractivity contribution in [1.82, 2.24) is 9.78 Å². The SMILES string of the molecule is O=C(CCc1ccc2c(c1)OCCO2)Nc1ccnn1Cc1cccc(Br)c1. The van der Waals surface area contributed by atoms with E-state index in [4.69, 9.17) is 9.47 Å². The van der Waals surface area contributed by atoms with Crippen molar-refractivity contribution < 1.29 is 14.3 Å². The number of fused-ring (bicyclic) bond motifs is 1. The molecule has 3 aromatic rings. The topological polar surface area (TPSA) is 65.4 Å². The first-order valence-corrected chi connectivity index (χ1v) is 9.91. The van der Waals surface area contributed by atoms with Crippen molar-refractivity contribution in [3.63, 3.8) is 0 Å². The minimum atomic E-state index is -0.0501. The number of anilines is 1. The average molecular weight is 442 g/mol. The fourth-order valence-electron chi connectivity index (χ4n) is 3.08. The van der Waals surface area contributed by atoms with Crippen LogP contribution in [0.15, 0.2) is 59.2 Å². The molecule has 0 bridgehead atoms. The van der Waals surface area contributed by atoms with Gasteiger partial charge in [0.25, 0.3) is 0 Å². The van der Waals surface area contributed by atoms with Crippen LogP contribution >= 0.6 is 15.9 Å². The molecule has 0 radical (unpaired) electrons. The van der Waals surface area contributed by atoms with Crippen LogP contribution in [-0.4, -0.2) is 28.9 Å². The number of ether oxygens (including phenoxy) is 2. The van der Waals surface area contributed by atoms with Gasteiger partial charge >= 0.3 is 0 Å². The summed E-state index contributed by atoms with van der Waals surface area (Å²) in [5, 5.41) is 7.27. The van der Waals surface area contributed by atoms with Gasteiger partial charge in [-0.05, 0) is 41.8 Å². The van der Waals surface area contributed by atoms with E-state index in [9.17, 15) is 4.79 Å². The Morgan fingerprint density at radius 3 is 2.79 bits per heavy atom. The minimum absolute atomic E-state index is 0.0501. The number of carbonyl (C=O) groups is 1. The zero-order valence-electron chi connectivity index (χ0n) is 15.2. The lowest BCUT2D eigenvalue weighted by Gasteiger charge is -2.18. The molecule has 1 amide bonds. The lowest BCUT2D eigenvalue weighted by molar-refractivity contribution is -0.116. The van der Waals surface area contributed by atoms with Crippen molar-refractivity contribution in [2.75, 3.05) is 18.5 Å². The van der Waals surface area contributed by atoms with E-state index in [0.717, 1.165) is 27.1 Å². The molecule has 1 aliphatic rings. The van der Waals surface area contributed by atoms with Crippen LogP contribution < -0.4 is 14.8 Å². The van der Waals surface area contributed by atoms with Crippen LogP contribution in [0.4, 0.5) is 5.82 Å². The highest BCUT2D eigenvalue weighted by Crippen LogP contribution is 2.31. The van der Waals surface area contributed by atoms with Gasteiger partial charge in [0.1, 0.15) is 19.0 Å². The molecule has 0 aliphatic carbocycles. The third-order valence-electron chi connectivity index (χ3n) is 4.45. The van der Waals surface area contributed by atoms with Crippen molar-refractivity contribution >= 4 is 27.7 Å². The molecule has 0 saturated carbocycles. The van der Waals surface area contributed by atoms with Crippen molar-refractivity contribution in [2.24, 2.45) is 0 Å². The van der Waals surface area contributed by atoms with Gasteiger partial charge in [-0.15, -0.1) is 0 Å². The summed E-state index contributed by atoms with van der Waals surface area (Å²) in [6.45, 7) is 1.71. The van der Waals surface area contributed by atoms with Crippen molar-refractivity contribution in [3.8, 4) is 11.5 Å². The number of amides is 1. The molecule has 0 unspecified atom stereocenters. The first kappa shape index (κ1) is 18.6. The summed E-state index contributed by atoms with van der Waals surface area (Å²) in [5.74, 6) is 2.14. The van der Waals surface area contributed by atoms with Gasteiger partial charge in [0, 0.05) is 17.0 Å². The molecule has 1 aliphatic heterocycles. The molecular formula is C21H20BrN3O3. The number of halogens is 1. The summed E-state index contributed by atoms with van der Waals surface area (Å²) >= 11 is 3.47. The number of aryl methyl sites for hydroxylation is 1. The molecule has 1 N–H and O–H groups in total. The first-order valence-electron chi connectivity index (χ1n) is 9.12. The molecule has 4 rings (SSSR count). The molecule has 0 fully saturated rings. The van der Waals surface area contributed by atoms with Crippen LogP contribution in [-0.2, 0) is 17.8 Å². The smallest absolute Gasteiger partial charge is 0.225 e. The number of nitrogens with zero attached hydrogens (tertiary/aromatic N) is 2. The summed E-state index contributed by atoms with van der Waals surface area (Å²) in [6.07, 6.45) is 2.69. The number of hydrogen-bond donors (Lipinski definition) is 1. The van der Waals surface area contributed by atoms with Crippen LogP contribution in [0.2, 0.25) is 0 Å². The monoisotopic (exact) mass is 441 g/mol. The first-order chi connectivity index (χ1) is 13.7. The predicted octanol–water partition coefficient (Wildman–Crippen LogP) is 4.04. The fourth-order valence-corrected chi connectivity index (χ4v) is 3.53. The second-order valence-electron chi connectivity index (χ2n) is 6.53. The van der Waals surface area contributed by atoms with Gasteiger partial charge < -0.3 is 14.8 Å². The van der Waals surface area contributed by atoms with Crippen molar-refractivity contribution in [2.45, 2.75) is 19.4 Å². The maximum Gasteiger partial charge on any atom is 0.225 e. The standard InChI is InChI=1S/C21H20BrN3O3/c22-17-3-1-2-16(12-17)14-25-20(8-9-23-25)24-21(26)7-5-15-4-6-18-19(13-15)28-11-10-27-18/h1-4,6,8-9,12-13H,5,7,10-11,14H2,(H,24,26). The van der Waals surface area contributed by atoms with Gasteiger partial charge in [0.05, 0.1) is 12.7 Å². The van der Waals surface area contributed by atoms with E-state index in [-0.39, 0.29) is 5.91 Å². The third-order valence-corrected chi connectivity index (χ3v) is 4.95. The summed E-state index contributed by atoms with van der Waals surface area (Å²) in [5.41, 5.74) is 2.15. The Labute approximate surface area is 171 Å². The summed E-state index contributed by atoms with van der Waals surface area (Å²) in [7, 11) is 0. The minimum Gasteiger partial charge on any atom is -0.486 e. The Morgan fingerprint density at radius 2 is 1.93 bits per heavy atom. The highest BCUT2D eigenvalue weighted by Gasteiger charge is 2.13. The van der Waals surface area contributed by atoms with Crippen LogP contribution in [0.5, 0.6) is 11.5 Å². The Kier molecular flexibility index (Phi) is 5.62. The number of nitrogens with one attached hydrogen (secondary N) is 1. The van der Waals surface area contributed by atoms with E-state index in [1.54, 1.807) is 16.9 Å². The van der Waals surface area contributed by atoms with Gasteiger partial charge in [-0.2, -0.15) is 5.10 Å². The van der Waals surface area contributed by atoms with Crippen LogP contribution in [0.25, 0.3) is 0 Å². The second-order valence-corrected chi connectivity index (χ2v) is 7.45. The maximum absolute atomic E-state index is 12.4. The fraction of sp³-hybridized carbons (Fsp3) is 0.238. The molecular weight excluding hydrogens is 422 g/mol. The molecule has 2 aromatic carbocycles. The van der Waals surface area contributed by atoms with Gasteiger partial charge in [-0.1, -0.05) is 34.1 Å². The number of hydrogen-bond acceptors (Lipinski definition) is 4. The third kappa shape index (κ3) is 4.54. The van der Waals surface area contributed by atoms with E-state index < -0.39 is 0 Å². The molecule has 0 atom stereocenters. The number of carbonyl (C=O) groups excluding carboxylic acids is 1. The van der Waals surface area contributed by atoms with E-state index in [0.29, 0.717) is 38.4 Å². The zero-order valence-corrected chi connectivity index (χ0v) is 16.8. The zero-order chi connectivity index (χ0) is 19.3. The Balaban J connectivity index is 1.35. The van der Waals surface area contributed by atoms with Crippen molar-refractivity contribution in [1.29, 1.82) is 0 Å². The highest BCUT2D eigenvalue weighted by atomic mass is 79.9. The van der Waals surface area contributed by atoms with Gasteiger partial charge in [-0.3, -0.25) is 4.79 Å². The summed E-state index contributed by atoms with van der Waals surface area (Å²) in [4.78, 5) is 12.4. The van der Waals surface area contributed by atoms with Gasteiger partial charge in [0.2, 0.25) is 5.91 Å². The normalized spacial score (nSPS) is 12.6. The van der Waals surface area contributed by atoms with Crippen LogP contribution in [0.1, 0.15) is 17.5 Å². The summed E-state index contributed by atoms with van der Waals surface area (Å²) < 4.78 is 13.9. The largest absolute Gasteiger partial charge is 0.486 e. The molecule has 0 saturated heterocycles. The molecule has 2 heterocycles. The number of benzene rings is 2. The maximum atomic E-state index is 12.4.